The van der Waals surface area contributed by atoms with Crippen LogP contribution >= 0.6 is 0 Å². The first kappa shape index (κ1) is 17.3. The molecule has 126 valence electrons. The van der Waals surface area contributed by atoms with Crippen LogP contribution in [0.5, 0.6) is 5.75 Å². The van der Waals surface area contributed by atoms with E-state index in [1.54, 1.807) is 6.92 Å². The van der Waals surface area contributed by atoms with Crippen LogP contribution in [0.4, 0.5) is 8.78 Å². The number of carbonyl (C=O) groups excluding carboxylic acids is 1. The second-order valence-electron chi connectivity index (χ2n) is 6.35. The largest absolute Gasteiger partial charge is 0.487 e. The number of hydrazone groups is 1. The highest BCUT2D eigenvalue weighted by Gasteiger charge is 2.27. The van der Waals surface area contributed by atoms with Crippen LogP contribution in [0.1, 0.15) is 32.8 Å². The molecule has 0 amide bonds. The van der Waals surface area contributed by atoms with Crippen LogP contribution < -0.4 is 10.2 Å². The molecular formula is C16H20F2N2O3. The average Bonchev–Trinajstić information content (AvgIpc) is 2.48. The summed E-state index contributed by atoms with van der Waals surface area (Å²) >= 11 is 0. The lowest BCUT2D eigenvalue weighted by molar-refractivity contribution is -0.109. The summed E-state index contributed by atoms with van der Waals surface area (Å²) in [5.41, 5.74) is 1.85. The van der Waals surface area contributed by atoms with E-state index in [0.717, 1.165) is 6.29 Å². The molecular weight excluding hydrogens is 306 g/mol. The highest BCUT2D eigenvalue weighted by atomic mass is 19.2. The molecule has 1 aromatic carbocycles. The first-order chi connectivity index (χ1) is 10.7. The number of halogens is 2. The van der Waals surface area contributed by atoms with E-state index in [2.05, 4.69) is 10.5 Å². The Balaban J connectivity index is 2.27. The van der Waals surface area contributed by atoms with Crippen LogP contribution in [0.25, 0.3) is 0 Å². The standard InChI is InChI=1S/C16H20F2N2O3/c1-9-6-10(7-21)19-20-15(9)11-4-5-12(14(18)13(11)17)23-8-16(2,3)22/h4-5,7,9-10,19,22H,6,8H2,1-3H3. The van der Waals surface area contributed by atoms with Crippen molar-refractivity contribution in [2.24, 2.45) is 11.0 Å². The Kier molecular flexibility index (Phi) is 4.99. The molecule has 2 atom stereocenters. The number of hydrogen-bond donors (Lipinski definition) is 2. The van der Waals surface area contributed by atoms with Crippen LogP contribution in [0.15, 0.2) is 17.2 Å². The highest BCUT2D eigenvalue weighted by Crippen LogP contribution is 2.27. The van der Waals surface area contributed by atoms with E-state index >= 15 is 0 Å². The van der Waals surface area contributed by atoms with Crippen molar-refractivity contribution in [3.8, 4) is 5.75 Å². The average molecular weight is 326 g/mol. The summed E-state index contributed by atoms with van der Waals surface area (Å²) in [6, 6.07) is 2.27. The van der Waals surface area contributed by atoms with Gasteiger partial charge in [-0.1, -0.05) is 6.92 Å². The molecule has 1 aliphatic heterocycles. The highest BCUT2D eigenvalue weighted by molar-refractivity contribution is 6.03. The van der Waals surface area contributed by atoms with Crippen molar-refractivity contribution in [1.82, 2.24) is 5.43 Å². The summed E-state index contributed by atoms with van der Waals surface area (Å²) in [4.78, 5) is 10.8. The zero-order valence-electron chi connectivity index (χ0n) is 13.3. The van der Waals surface area contributed by atoms with E-state index in [0.29, 0.717) is 12.1 Å². The number of nitrogens with one attached hydrogen (secondary N) is 1. The van der Waals surface area contributed by atoms with Gasteiger partial charge < -0.3 is 14.6 Å². The normalized spacial score (nSPS) is 21.4. The van der Waals surface area contributed by atoms with Gasteiger partial charge in [0.25, 0.3) is 0 Å². The summed E-state index contributed by atoms with van der Waals surface area (Å²) < 4.78 is 33.6. The van der Waals surface area contributed by atoms with Crippen molar-refractivity contribution in [1.29, 1.82) is 0 Å². The molecule has 2 unspecified atom stereocenters. The minimum Gasteiger partial charge on any atom is -0.487 e. The Morgan fingerprint density at radius 3 is 2.70 bits per heavy atom. The molecule has 0 radical (unpaired) electrons. The SMILES string of the molecule is CC1CC(C=O)NN=C1c1ccc(OCC(C)(C)O)c(F)c1F. The monoisotopic (exact) mass is 326 g/mol. The summed E-state index contributed by atoms with van der Waals surface area (Å²) in [6.45, 7) is 4.64. The van der Waals surface area contributed by atoms with E-state index in [4.69, 9.17) is 4.74 Å². The summed E-state index contributed by atoms with van der Waals surface area (Å²) in [7, 11) is 0. The number of nitrogens with zero attached hydrogens (tertiary/aromatic N) is 1. The lowest BCUT2D eigenvalue weighted by Crippen LogP contribution is -2.37. The van der Waals surface area contributed by atoms with Crippen LogP contribution in [-0.4, -0.2) is 35.4 Å². The lowest BCUT2D eigenvalue weighted by atomic mass is 9.91. The lowest BCUT2D eigenvalue weighted by Gasteiger charge is -2.25. The summed E-state index contributed by atoms with van der Waals surface area (Å²) in [5.74, 6) is -2.64. The molecule has 2 N–H and O–H groups in total. The number of aldehydes is 1. The molecule has 0 fully saturated rings. The molecule has 0 aromatic heterocycles. The third kappa shape index (κ3) is 4.04. The van der Waals surface area contributed by atoms with E-state index in [-0.39, 0.29) is 23.8 Å². The van der Waals surface area contributed by atoms with Crippen molar-refractivity contribution in [3.63, 3.8) is 0 Å². The number of benzene rings is 1. The number of hydrogen-bond acceptors (Lipinski definition) is 5. The predicted octanol–water partition coefficient (Wildman–Crippen LogP) is 2.02. The van der Waals surface area contributed by atoms with Gasteiger partial charge in [-0.3, -0.25) is 5.43 Å². The third-order valence-corrected chi connectivity index (χ3v) is 3.49. The minimum atomic E-state index is -1.16. The smallest absolute Gasteiger partial charge is 0.201 e. The van der Waals surface area contributed by atoms with Gasteiger partial charge in [-0.05, 0) is 32.4 Å². The molecule has 1 heterocycles. The fourth-order valence-electron chi connectivity index (χ4n) is 2.31. The number of aliphatic hydroxyl groups is 1. The van der Waals surface area contributed by atoms with Gasteiger partial charge in [-0.2, -0.15) is 9.49 Å². The first-order valence-electron chi connectivity index (χ1n) is 7.35. The number of rotatable bonds is 5. The molecule has 0 saturated carbocycles. The topological polar surface area (TPSA) is 70.9 Å². The maximum atomic E-state index is 14.3. The second-order valence-corrected chi connectivity index (χ2v) is 6.35. The molecule has 23 heavy (non-hydrogen) atoms. The third-order valence-electron chi connectivity index (χ3n) is 3.49. The van der Waals surface area contributed by atoms with Gasteiger partial charge in [0.1, 0.15) is 12.9 Å². The Bertz CT molecular complexity index is 626. The van der Waals surface area contributed by atoms with E-state index < -0.39 is 23.3 Å². The van der Waals surface area contributed by atoms with Gasteiger partial charge in [0.05, 0.1) is 17.4 Å². The zero-order valence-corrected chi connectivity index (χ0v) is 13.3. The van der Waals surface area contributed by atoms with E-state index in [9.17, 15) is 18.7 Å². The Hall–Kier alpha value is -2.02. The molecule has 5 nitrogen and oxygen atoms in total. The van der Waals surface area contributed by atoms with Crippen LogP contribution in [0.2, 0.25) is 0 Å². The predicted molar refractivity (Wildman–Crippen MR) is 81.5 cm³/mol. The Morgan fingerprint density at radius 1 is 1.43 bits per heavy atom. The van der Waals surface area contributed by atoms with Gasteiger partial charge in [0.2, 0.25) is 5.82 Å². The van der Waals surface area contributed by atoms with Crippen LogP contribution in [-0.2, 0) is 4.79 Å². The van der Waals surface area contributed by atoms with Gasteiger partial charge in [-0.15, -0.1) is 0 Å². The fraction of sp³-hybridized carbons (Fsp3) is 0.500. The second kappa shape index (κ2) is 6.62. The van der Waals surface area contributed by atoms with E-state index in [1.807, 2.05) is 0 Å². The zero-order chi connectivity index (χ0) is 17.2. The summed E-state index contributed by atoms with van der Waals surface area (Å²) in [6.07, 6.45) is 1.20. The van der Waals surface area contributed by atoms with E-state index in [1.165, 1.54) is 26.0 Å². The summed E-state index contributed by atoms with van der Waals surface area (Å²) in [5, 5.41) is 13.6. The maximum Gasteiger partial charge on any atom is 0.201 e. The molecule has 2 rings (SSSR count). The Morgan fingerprint density at radius 2 is 2.13 bits per heavy atom. The molecule has 1 aromatic rings. The van der Waals surface area contributed by atoms with Crippen molar-refractivity contribution >= 4 is 12.0 Å². The fourth-order valence-corrected chi connectivity index (χ4v) is 2.31. The van der Waals surface area contributed by atoms with Crippen LogP contribution in [0, 0.1) is 17.6 Å². The number of carbonyl (C=O) groups is 1. The Labute approximate surface area is 133 Å². The van der Waals surface area contributed by atoms with Gasteiger partial charge >= 0.3 is 0 Å². The molecule has 0 saturated heterocycles. The van der Waals surface area contributed by atoms with Crippen molar-refractivity contribution < 1.29 is 23.4 Å². The minimum absolute atomic E-state index is 0.0301. The van der Waals surface area contributed by atoms with Gasteiger partial charge in [-0.25, -0.2) is 4.39 Å². The quantitative estimate of drug-likeness (QED) is 0.812. The molecule has 0 aliphatic carbocycles. The number of ether oxygens (including phenoxy) is 1. The molecule has 1 aliphatic rings. The van der Waals surface area contributed by atoms with Crippen molar-refractivity contribution in [3.05, 3.63) is 29.3 Å². The van der Waals surface area contributed by atoms with Crippen molar-refractivity contribution in [2.75, 3.05) is 6.61 Å². The van der Waals surface area contributed by atoms with Gasteiger partial charge in [0.15, 0.2) is 11.6 Å². The molecule has 7 heteroatoms. The first-order valence-corrected chi connectivity index (χ1v) is 7.35. The van der Waals surface area contributed by atoms with Crippen molar-refractivity contribution in [2.45, 2.75) is 38.8 Å². The van der Waals surface area contributed by atoms with Crippen LogP contribution in [0.3, 0.4) is 0 Å². The maximum absolute atomic E-state index is 14.3. The molecule has 0 spiro atoms. The molecule has 0 bridgehead atoms. The van der Waals surface area contributed by atoms with Gasteiger partial charge in [0, 0.05) is 11.5 Å².